The normalized spacial score (nSPS) is 10.1. The summed E-state index contributed by atoms with van der Waals surface area (Å²) in [5.74, 6) is -0.367. The van der Waals surface area contributed by atoms with Crippen molar-refractivity contribution in [2.24, 2.45) is 0 Å². The molecule has 2 aromatic rings. The number of nitrogens with one attached hydrogen (secondary N) is 1. The van der Waals surface area contributed by atoms with Crippen LogP contribution in [0.1, 0.15) is 15.9 Å². The van der Waals surface area contributed by atoms with Crippen molar-refractivity contribution in [3.8, 4) is 0 Å². The first-order valence-corrected chi connectivity index (χ1v) is 6.87. The van der Waals surface area contributed by atoms with Crippen LogP contribution in [0.25, 0.3) is 0 Å². The highest BCUT2D eigenvalue weighted by Crippen LogP contribution is 2.19. The molecule has 0 bridgehead atoms. The van der Waals surface area contributed by atoms with Crippen LogP contribution in [0.4, 0.5) is 11.4 Å². The third kappa shape index (κ3) is 3.32. The molecule has 20 heavy (non-hydrogen) atoms. The van der Waals surface area contributed by atoms with E-state index in [-0.39, 0.29) is 17.2 Å². The summed E-state index contributed by atoms with van der Waals surface area (Å²) >= 11 is 2.18. The highest BCUT2D eigenvalue weighted by molar-refractivity contribution is 14.1. The summed E-state index contributed by atoms with van der Waals surface area (Å²) < 4.78 is 1.04. The summed E-state index contributed by atoms with van der Waals surface area (Å²) in [6, 6.07) is 11.2. The zero-order chi connectivity index (χ0) is 14.7. The molecular weight excluding hydrogens is 371 g/mol. The molecule has 0 heterocycles. The van der Waals surface area contributed by atoms with Crippen molar-refractivity contribution in [2.75, 3.05) is 5.32 Å². The first-order chi connectivity index (χ1) is 9.47. The summed E-state index contributed by atoms with van der Waals surface area (Å²) in [5.41, 5.74) is 1.95. The fourth-order valence-corrected chi connectivity index (χ4v) is 2.15. The van der Waals surface area contributed by atoms with Gasteiger partial charge in [0.25, 0.3) is 11.6 Å². The minimum Gasteiger partial charge on any atom is -0.322 e. The Bertz CT molecular complexity index is 686. The molecule has 1 N–H and O–H groups in total. The van der Waals surface area contributed by atoms with Crippen LogP contribution in [0.3, 0.4) is 0 Å². The summed E-state index contributed by atoms with van der Waals surface area (Å²) in [5, 5.41) is 13.4. The maximum absolute atomic E-state index is 12.0. The SMILES string of the molecule is Cc1ccc(NC(=O)c2cccc([N+](=O)[O-])c2)cc1I. The lowest BCUT2D eigenvalue weighted by Gasteiger charge is -2.07. The molecule has 0 aromatic heterocycles. The number of non-ortho nitro benzene ring substituents is 1. The molecule has 0 unspecified atom stereocenters. The van der Waals surface area contributed by atoms with E-state index in [1.54, 1.807) is 12.1 Å². The highest BCUT2D eigenvalue weighted by atomic mass is 127. The molecular formula is C14H11IN2O3. The number of nitrogens with zero attached hydrogens (tertiary/aromatic N) is 1. The van der Waals surface area contributed by atoms with Crippen LogP contribution in [0.5, 0.6) is 0 Å². The standard InChI is InChI=1S/C14H11IN2O3/c1-9-5-6-11(8-13(9)15)16-14(18)10-3-2-4-12(7-10)17(19)20/h2-8H,1H3,(H,16,18). The van der Waals surface area contributed by atoms with Gasteiger partial charge in [0.15, 0.2) is 0 Å². The van der Waals surface area contributed by atoms with Gasteiger partial charge in [-0.3, -0.25) is 14.9 Å². The van der Waals surface area contributed by atoms with Crippen molar-refractivity contribution >= 4 is 39.9 Å². The third-order valence-corrected chi connectivity index (χ3v) is 3.91. The predicted octanol–water partition coefficient (Wildman–Crippen LogP) is 3.76. The number of halogens is 1. The number of hydrogen-bond acceptors (Lipinski definition) is 3. The lowest BCUT2D eigenvalue weighted by Crippen LogP contribution is -2.12. The molecule has 5 nitrogen and oxygen atoms in total. The van der Waals surface area contributed by atoms with Gasteiger partial charge in [-0.1, -0.05) is 12.1 Å². The number of rotatable bonds is 3. The number of hydrogen-bond donors (Lipinski definition) is 1. The molecule has 0 aliphatic carbocycles. The second-order valence-electron chi connectivity index (χ2n) is 4.23. The molecule has 0 saturated heterocycles. The predicted molar refractivity (Wildman–Crippen MR) is 84.9 cm³/mol. The Morgan fingerprint density at radius 3 is 2.65 bits per heavy atom. The van der Waals surface area contributed by atoms with Gasteiger partial charge in [0.05, 0.1) is 4.92 Å². The Hall–Kier alpha value is -1.96. The van der Waals surface area contributed by atoms with E-state index < -0.39 is 4.92 Å². The third-order valence-electron chi connectivity index (χ3n) is 2.75. The van der Waals surface area contributed by atoms with Crippen molar-refractivity contribution < 1.29 is 9.72 Å². The molecule has 6 heteroatoms. The maximum Gasteiger partial charge on any atom is 0.270 e. The van der Waals surface area contributed by atoms with Crippen LogP contribution in [-0.4, -0.2) is 10.8 Å². The Balaban J connectivity index is 2.21. The average Bonchev–Trinajstić information content (AvgIpc) is 2.43. The number of anilines is 1. The Morgan fingerprint density at radius 1 is 1.25 bits per heavy atom. The van der Waals surface area contributed by atoms with Crippen LogP contribution < -0.4 is 5.32 Å². The smallest absolute Gasteiger partial charge is 0.270 e. The van der Waals surface area contributed by atoms with Crippen molar-refractivity contribution in [1.82, 2.24) is 0 Å². The first kappa shape index (κ1) is 14.4. The molecule has 0 radical (unpaired) electrons. The summed E-state index contributed by atoms with van der Waals surface area (Å²) in [4.78, 5) is 22.2. The van der Waals surface area contributed by atoms with Gasteiger partial charge >= 0.3 is 0 Å². The number of nitro benzene ring substituents is 1. The van der Waals surface area contributed by atoms with Crippen LogP contribution in [0.2, 0.25) is 0 Å². The van der Waals surface area contributed by atoms with E-state index in [1.165, 1.54) is 18.2 Å². The fraction of sp³-hybridized carbons (Fsp3) is 0.0714. The van der Waals surface area contributed by atoms with E-state index in [9.17, 15) is 14.9 Å². The molecule has 0 atom stereocenters. The number of aryl methyl sites for hydroxylation is 1. The summed E-state index contributed by atoms with van der Waals surface area (Å²) in [6.07, 6.45) is 0. The molecule has 0 spiro atoms. The lowest BCUT2D eigenvalue weighted by molar-refractivity contribution is -0.384. The van der Waals surface area contributed by atoms with Crippen LogP contribution >= 0.6 is 22.6 Å². The second-order valence-corrected chi connectivity index (χ2v) is 5.39. The minimum atomic E-state index is -0.522. The van der Waals surface area contributed by atoms with Gasteiger partial charge in [-0.25, -0.2) is 0 Å². The van der Waals surface area contributed by atoms with E-state index in [2.05, 4.69) is 27.9 Å². The van der Waals surface area contributed by atoms with E-state index in [0.717, 1.165) is 9.13 Å². The van der Waals surface area contributed by atoms with E-state index >= 15 is 0 Å². The zero-order valence-electron chi connectivity index (χ0n) is 10.6. The van der Waals surface area contributed by atoms with Crippen LogP contribution in [0.15, 0.2) is 42.5 Å². The van der Waals surface area contributed by atoms with Gasteiger partial charge in [0.1, 0.15) is 0 Å². The lowest BCUT2D eigenvalue weighted by atomic mass is 10.1. The number of benzene rings is 2. The Labute approximate surface area is 129 Å². The number of carbonyl (C=O) groups is 1. The van der Waals surface area contributed by atoms with Gasteiger partial charge in [0.2, 0.25) is 0 Å². The molecule has 0 aliphatic rings. The second kappa shape index (κ2) is 6.00. The topological polar surface area (TPSA) is 72.2 Å². The van der Waals surface area contributed by atoms with Crippen LogP contribution in [0, 0.1) is 20.6 Å². The number of carbonyl (C=O) groups excluding carboxylic acids is 1. The molecule has 0 aliphatic heterocycles. The zero-order valence-corrected chi connectivity index (χ0v) is 12.7. The van der Waals surface area contributed by atoms with Crippen molar-refractivity contribution in [3.05, 3.63) is 67.3 Å². The average molecular weight is 382 g/mol. The highest BCUT2D eigenvalue weighted by Gasteiger charge is 2.11. The van der Waals surface area contributed by atoms with Crippen molar-refractivity contribution in [2.45, 2.75) is 6.92 Å². The van der Waals surface area contributed by atoms with Gasteiger partial charge in [0, 0.05) is 27.0 Å². The number of amides is 1. The largest absolute Gasteiger partial charge is 0.322 e. The first-order valence-electron chi connectivity index (χ1n) is 5.79. The Kier molecular flexibility index (Phi) is 4.33. The minimum absolute atomic E-state index is 0.101. The quantitative estimate of drug-likeness (QED) is 0.499. The van der Waals surface area contributed by atoms with Crippen molar-refractivity contribution in [3.63, 3.8) is 0 Å². The van der Waals surface area contributed by atoms with Crippen LogP contribution in [-0.2, 0) is 0 Å². The summed E-state index contributed by atoms with van der Waals surface area (Å²) in [7, 11) is 0. The van der Waals surface area contributed by atoms with Crippen molar-refractivity contribution in [1.29, 1.82) is 0 Å². The molecule has 0 fully saturated rings. The molecule has 1 amide bonds. The molecule has 2 rings (SSSR count). The monoisotopic (exact) mass is 382 g/mol. The van der Waals surface area contributed by atoms with Gasteiger partial charge < -0.3 is 5.32 Å². The van der Waals surface area contributed by atoms with E-state index in [4.69, 9.17) is 0 Å². The molecule has 102 valence electrons. The molecule has 2 aromatic carbocycles. The maximum atomic E-state index is 12.0. The Morgan fingerprint density at radius 2 is 2.00 bits per heavy atom. The van der Waals surface area contributed by atoms with Gasteiger partial charge in [-0.15, -0.1) is 0 Å². The van der Waals surface area contributed by atoms with Gasteiger partial charge in [-0.05, 0) is 53.3 Å². The van der Waals surface area contributed by atoms with E-state index in [1.807, 2.05) is 19.1 Å². The van der Waals surface area contributed by atoms with Gasteiger partial charge in [-0.2, -0.15) is 0 Å². The molecule has 0 saturated carbocycles. The summed E-state index contributed by atoms with van der Waals surface area (Å²) in [6.45, 7) is 1.98. The van der Waals surface area contributed by atoms with E-state index in [0.29, 0.717) is 5.69 Å². The fourth-order valence-electron chi connectivity index (χ4n) is 1.63. The number of nitro groups is 1.